The van der Waals surface area contributed by atoms with E-state index in [2.05, 4.69) is 4.99 Å². The number of benzene rings is 4. The molecule has 182 valence electrons. The highest BCUT2D eigenvalue weighted by atomic mass is 32.2. The number of rotatable bonds is 6. The number of hydrogen-bond donors (Lipinski definition) is 0. The van der Waals surface area contributed by atoms with Crippen LogP contribution in [-0.4, -0.2) is 27.0 Å². The lowest BCUT2D eigenvalue weighted by molar-refractivity contribution is -0.384. The Balaban J connectivity index is 1.61. The summed E-state index contributed by atoms with van der Waals surface area (Å²) in [5.74, 6) is -0.605. The van der Waals surface area contributed by atoms with E-state index in [1.807, 2.05) is 83.8 Å². The van der Waals surface area contributed by atoms with Crippen LogP contribution in [0, 0.1) is 10.1 Å². The normalized spacial score (nSPS) is 18.1. The summed E-state index contributed by atoms with van der Waals surface area (Å²) in [7, 11) is 0. The van der Waals surface area contributed by atoms with Crippen molar-refractivity contribution in [3.8, 4) is 0 Å². The molecule has 0 bridgehead atoms. The van der Waals surface area contributed by atoms with Gasteiger partial charge in [-0.2, -0.15) is 4.99 Å². The predicted molar refractivity (Wildman–Crippen MR) is 145 cm³/mol. The number of nitrogens with zero attached hydrogens (tertiary/aromatic N) is 3. The number of carbonyl (C=O) groups excluding carboxylic acids is 2. The molecular weight excluding hydrogens is 486 g/mol. The first-order valence-electron chi connectivity index (χ1n) is 11.6. The molecule has 0 aliphatic carbocycles. The third-order valence-corrected chi connectivity index (χ3v) is 7.24. The highest BCUT2D eigenvalue weighted by molar-refractivity contribution is 8.15. The van der Waals surface area contributed by atoms with E-state index in [0.29, 0.717) is 10.7 Å². The Labute approximate surface area is 217 Å². The maximum atomic E-state index is 13.8. The van der Waals surface area contributed by atoms with E-state index >= 15 is 0 Å². The number of thioether (sulfide) groups is 1. The Kier molecular flexibility index (Phi) is 6.91. The van der Waals surface area contributed by atoms with Crippen molar-refractivity contribution in [3.05, 3.63) is 142 Å². The number of non-ortho nitro benzene ring substituents is 1. The average Bonchev–Trinajstić information content (AvgIpc) is 3.33. The lowest BCUT2D eigenvalue weighted by Crippen LogP contribution is -2.33. The maximum absolute atomic E-state index is 13.8. The van der Waals surface area contributed by atoms with Gasteiger partial charge in [-0.1, -0.05) is 90.6 Å². The van der Waals surface area contributed by atoms with Crippen LogP contribution in [0.3, 0.4) is 0 Å². The van der Waals surface area contributed by atoms with Crippen LogP contribution in [0.1, 0.15) is 32.3 Å². The van der Waals surface area contributed by atoms with Crippen molar-refractivity contribution in [3.63, 3.8) is 0 Å². The fourth-order valence-electron chi connectivity index (χ4n) is 4.24. The van der Waals surface area contributed by atoms with Crippen molar-refractivity contribution in [2.45, 2.75) is 11.3 Å². The van der Waals surface area contributed by atoms with E-state index in [-0.39, 0.29) is 17.0 Å². The molecule has 7 nitrogen and oxygen atoms in total. The third-order valence-electron chi connectivity index (χ3n) is 6.02. The molecule has 1 heterocycles. The summed E-state index contributed by atoms with van der Waals surface area (Å²) >= 11 is 1.25. The molecule has 0 aromatic heterocycles. The lowest BCUT2D eigenvalue weighted by Gasteiger charge is -2.28. The summed E-state index contributed by atoms with van der Waals surface area (Å²) in [5, 5.41) is 10.8. The SMILES string of the molecule is O=C(N=C1S[C@@H](C(=O)c2ccccc2)[C@H](c2ccccc2)N1c1ccccc1)c1ccc([N+](=O)[O-])cc1. The van der Waals surface area contributed by atoms with Gasteiger partial charge < -0.3 is 4.90 Å². The summed E-state index contributed by atoms with van der Waals surface area (Å²) in [6.45, 7) is 0. The predicted octanol–water partition coefficient (Wildman–Crippen LogP) is 6.34. The summed E-state index contributed by atoms with van der Waals surface area (Å²) < 4.78 is 0. The number of amides is 1. The molecule has 1 aliphatic rings. The molecule has 0 radical (unpaired) electrons. The van der Waals surface area contributed by atoms with Crippen molar-refractivity contribution >= 4 is 40.0 Å². The van der Waals surface area contributed by atoms with Crippen LogP contribution in [-0.2, 0) is 0 Å². The van der Waals surface area contributed by atoms with Gasteiger partial charge in [0.1, 0.15) is 5.25 Å². The van der Waals surface area contributed by atoms with Gasteiger partial charge in [-0.25, -0.2) is 0 Å². The second kappa shape index (κ2) is 10.6. The minimum absolute atomic E-state index is 0.0617. The zero-order valence-electron chi connectivity index (χ0n) is 19.5. The Hall–Kier alpha value is -4.56. The molecular formula is C29H21N3O4S. The minimum atomic E-state index is -0.562. The number of amidine groups is 1. The summed E-state index contributed by atoms with van der Waals surface area (Å²) in [4.78, 5) is 43.8. The summed E-state index contributed by atoms with van der Waals surface area (Å²) in [5.41, 5.74) is 2.41. The van der Waals surface area contributed by atoms with Gasteiger partial charge in [0, 0.05) is 28.9 Å². The molecule has 0 N–H and O–H groups in total. The number of Topliss-reactive ketones (excluding diaryl/α,β-unsaturated/α-hetero) is 1. The fourth-order valence-corrected chi connectivity index (χ4v) is 5.59. The van der Waals surface area contributed by atoms with Gasteiger partial charge in [0.25, 0.3) is 11.6 Å². The second-order valence-electron chi connectivity index (χ2n) is 8.33. The number of carbonyl (C=O) groups is 2. The number of nitro groups is 1. The molecule has 5 rings (SSSR count). The highest BCUT2D eigenvalue weighted by Crippen LogP contribution is 2.46. The molecule has 2 atom stereocenters. The number of nitro benzene ring substituents is 1. The zero-order valence-corrected chi connectivity index (χ0v) is 20.3. The Morgan fingerprint density at radius 1 is 0.757 bits per heavy atom. The van der Waals surface area contributed by atoms with Gasteiger partial charge in [-0.3, -0.25) is 19.7 Å². The van der Waals surface area contributed by atoms with Crippen LogP contribution in [0.25, 0.3) is 0 Å². The van der Waals surface area contributed by atoms with Gasteiger partial charge >= 0.3 is 0 Å². The number of para-hydroxylation sites is 1. The molecule has 1 aliphatic heterocycles. The first-order chi connectivity index (χ1) is 18.0. The van der Waals surface area contributed by atoms with Crippen molar-refractivity contribution in [1.29, 1.82) is 0 Å². The first-order valence-corrected chi connectivity index (χ1v) is 12.4. The Morgan fingerprint density at radius 3 is 1.92 bits per heavy atom. The molecule has 1 amide bonds. The van der Waals surface area contributed by atoms with E-state index in [1.54, 1.807) is 12.1 Å². The van der Waals surface area contributed by atoms with Crippen molar-refractivity contribution in [2.24, 2.45) is 4.99 Å². The number of anilines is 1. The van der Waals surface area contributed by atoms with Crippen molar-refractivity contribution < 1.29 is 14.5 Å². The monoisotopic (exact) mass is 507 g/mol. The quantitative estimate of drug-likeness (QED) is 0.172. The van der Waals surface area contributed by atoms with Gasteiger partial charge in [0.15, 0.2) is 11.0 Å². The molecule has 0 unspecified atom stereocenters. The summed E-state index contributed by atoms with van der Waals surface area (Å²) in [6.07, 6.45) is 0. The maximum Gasteiger partial charge on any atom is 0.279 e. The largest absolute Gasteiger partial charge is 0.312 e. The van der Waals surface area contributed by atoms with Crippen LogP contribution in [0.15, 0.2) is 120 Å². The van der Waals surface area contributed by atoms with Gasteiger partial charge in [-0.15, -0.1) is 0 Å². The van der Waals surface area contributed by atoms with E-state index < -0.39 is 22.1 Å². The minimum Gasteiger partial charge on any atom is -0.312 e. The molecule has 37 heavy (non-hydrogen) atoms. The third kappa shape index (κ3) is 5.05. The Bertz CT molecular complexity index is 1460. The van der Waals surface area contributed by atoms with Crippen molar-refractivity contribution in [2.75, 3.05) is 4.90 Å². The summed E-state index contributed by atoms with van der Waals surface area (Å²) in [6, 6.07) is 33.2. The highest BCUT2D eigenvalue weighted by Gasteiger charge is 2.45. The molecule has 1 saturated heterocycles. The average molecular weight is 508 g/mol. The number of aliphatic imine (C=N–C) groups is 1. The molecule has 4 aromatic carbocycles. The molecule has 8 heteroatoms. The van der Waals surface area contributed by atoms with Gasteiger partial charge in [0.2, 0.25) is 0 Å². The van der Waals surface area contributed by atoms with Crippen molar-refractivity contribution in [1.82, 2.24) is 0 Å². The smallest absolute Gasteiger partial charge is 0.279 e. The van der Waals surface area contributed by atoms with Crippen LogP contribution in [0.5, 0.6) is 0 Å². The number of hydrogen-bond acceptors (Lipinski definition) is 5. The molecule has 4 aromatic rings. The standard InChI is InChI=1S/C29H21N3O4S/c33-26(21-12-6-2-7-13-21)27-25(20-10-4-1-5-11-20)31(23-14-8-3-9-15-23)29(37-27)30-28(34)22-16-18-24(19-17-22)32(35)36/h1-19,25,27H/t25-,27+/m0/s1. The second-order valence-corrected chi connectivity index (χ2v) is 9.44. The lowest BCUT2D eigenvalue weighted by atomic mass is 9.96. The van der Waals surface area contributed by atoms with Crippen LogP contribution in [0.2, 0.25) is 0 Å². The van der Waals surface area contributed by atoms with E-state index in [0.717, 1.165) is 11.3 Å². The van der Waals surface area contributed by atoms with Crippen LogP contribution >= 0.6 is 11.8 Å². The topological polar surface area (TPSA) is 92.9 Å². The van der Waals surface area contributed by atoms with E-state index in [4.69, 9.17) is 0 Å². The van der Waals surface area contributed by atoms with Gasteiger partial charge in [-0.05, 0) is 29.8 Å². The van der Waals surface area contributed by atoms with E-state index in [1.165, 1.54) is 36.0 Å². The Morgan fingerprint density at radius 2 is 1.32 bits per heavy atom. The fraction of sp³-hybridized carbons (Fsp3) is 0.0690. The molecule has 1 fully saturated rings. The van der Waals surface area contributed by atoms with Gasteiger partial charge in [0.05, 0.1) is 11.0 Å². The van der Waals surface area contributed by atoms with Crippen LogP contribution in [0.4, 0.5) is 11.4 Å². The van der Waals surface area contributed by atoms with Crippen LogP contribution < -0.4 is 4.90 Å². The van der Waals surface area contributed by atoms with E-state index in [9.17, 15) is 19.7 Å². The number of ketones is 1. The first kappa shape index (κ1) is 24.1. The molecule has 0 saturated carbocycles. The zero-order chi connectivity index (χ0) is 25.8. The molecule has 0 spiro atoms.